The molecule has 23 heavy (non-hydrogen) atoms. The largest absolute Gasteiger partial charge is 0.0816 e. The maximum absolute atomic E-state index is 2.43. The van der Waals surface area contributed by atoms with Crippen LogP contribution < -0.4 is 0 Å². The molecule has 0 nitrogen and oxygen atoms in total. The highest BCUT2D eigenvalue weighted by Gasteiger charge is 2.16. The molecule has 0 bridgehead atoms. The molecule has 0 amide bonds. The molecule has 0 aromatic rings. The zero-order chi connectivity index (χ0) is 17.2. The Balaban J connectivity index is 2.76. The van der Waals surface area contributed by atoms with Crippen LogP contribution in [-0.2, 0) is 0 Å². The molecule has 0 saturated carbocycles. The molecular weight excluding hydrogens is 276 g/mol. The molecule has 1 aliphatic rings. The molecule has 0 aliphatic heterocycles. The van der Waals surface area contributed by atoms with Gasteiger partial charge in [-0.15, -0.1) is 0 Å². The van der Waals surface area contributed by atoms with Crippen molar-refractivity contribution in [2.75, 3.05) is 0 Å². The van der Waals surface area contributed by atoms with Crippen molar-refractivity contribution in [3.05, 3.63) is 47.1 Å². The molecule has 0 radical (unpaired) electrons. The summed E-state index contributed by atoms with van der Waals surface area (Å²) in [6.45, 7) is 13.9. The summed E-state index contributed by atoms with van der Waals surface area (Å²) in [4.78, 5) is 0. The van der Waals surface area contributed by atoms with Gasteiger partial charge in [-0.3, -0.25) is 0 Å². The summed E-state index contributed by atoms with van der Waals surface area (Å²) >= 11 is 0. The lowest BCUT2D eigenvalue weighted by Crippen LogP contribution is -2.10. The zero-order valence-corrected chi connectivity index (χ0v) is 16.4. The van der Waals surface area contributed by atoms with Crippen LogP contribution in [0.1, 0.15) is 80.1 Å². The molecule has 3 atom stereocenters. The summed E-state index contributed by atoms with van der Waals surface area (Å²) in [6, 6.07) is 0. The Bertz CT molecular complexity index is 458. The highest BCUT2D eigenvalue weighted by molar-refractivity contribution is 5.40. The van der Waals surface area contributed by atoms with Crippen molar-refractivity contribution in [1.29, 1.82) is 0 Å². The average Bonchev–Trinajstić information content (AvgIpc) is 2.81. The van der Waals surface area contributed by atoms with E-state index in [-0.39, 0.29) is 0 Å². The average molecular weight is 315 g/mol. The fraction of sp³-hybridized carbons (Fsp3) is 0.652. The topological polar surface area (TPSA) is 0 Å². The van der Waals surface area contributed by atoms with E-state index < -0.39 is 0 Å². The lowest BCUT2D eigenvalue weighted by atomic mass is 9.83. The summed E-state index contributed by atoms with van der Waals surface area (Å²) in [7, 11) is 0. The maximum atomic E-state index is 2.43. The lowest BCUT2D eigenvalue weighted by molar-refractivity contribution is 0.327. The van der Waals surface area contributed by atoms with Crippen molar-refractivity contribution >= 4 is 0 Å². The van der Waals surface area contributed by atoms with E-state index in [2.05, 4.69) is 71.9 Å². The monoisotopic (exact) mass is 314 g/mol. The van der Waals surface area contributed by atoms with Crippen LogP contribution in [0, 0.1) is 17.8 Å². The zero-order valence-electron chi connectivity index (χ0n) is 16.4. The number of allylic oxidation sites excluding steroid dienone is 8. The second-order valence-corrected chi connectivity index (χ2v) is 7.31. The van der Waals surface area contributed by atoms with Crippen LogP contribution in [0.3, 0.4) is 0 Å². The fourth-order valence-corrected chi connectivity index (χ4v) is 3.40. The van der Waals surface area contributed by atoms with Crippen molar-refractivity contribution in [1.82, 2.24) is 0 Å². The Morgan fingerprint density at radius 3 is 2.39 bits per heavy atom. The molecule has 0 spiro atoms. The van der Waals surface area contributed by atoms with Gasteiger partial charge in [0, 0.05) is 0 Å². The first kappa shape index (κ1) is 20.0. The maximum Gasteiger partial charge on any atom is -0.00917 e. The van der Waals surface area contributed by atoms with Crippen molar-refractivity contribution in [2.45, 2.75) is 80.1 Å². The van der Waals surface area contributed by atoms with Gasteiger partial charge < -0.3 is 0 Å². The molecule has 130 valence electrons. The van der Waals surface area contributed by atoms with E-state index >= 15 is 0 Å². The van der Waals surface area contributed by atoms with Crippen LogP contribution in [0.5, 0.6) is 0 Å². The van der Waals surface area contributed by atoms with Gasteiger partial charge >= 0.3 is 0 Å². The predicted molar refractivity (Wildman–Crippen MR) is 106 cm³/mol. The third kappa shape index (κ3) is 6.53. The molecule has 0 heteroatoms. The van der Waals surface area contributed by atoms with Crippen molar-refractivity contribution in [3.8, 4) is 0 Å². The van der Waals surface area contributed by atoms with E-state index in [4.69, 9.17) is 0 Å². The van der Waals surface area contributed by atoms with Gasteiger partial charge in [0.15, 0.2) is 0 Å². The molecule has 0 aromatic heterocycles. The van der Waals surface area contributed by atoms with Gasteiger partial charge in [-0.1, -0.05) is 77.0 Å². The Hall–Kier alpha value is -1.04. The normalized spacial score (nSPS) is 19.7. The minimum absolute atomic E-state index is 0.712. The molecular formula is C23H38. The first-order valence-electron chi connectivity index (χ1n) is 9.77. The van der Waals surface area contributed by atoms with E-state index in [1.54, 1.807) is 0 Å². The number of hydrogen-bond acceptors (Lipinski definition) is 0. The third-order valence-electron chi connectivity index (χ3n) is 5.69. The van der Waals surface area contributed by atoms with E-state index in [1.807, 2.05) is 0 Å². The molecule has 0 saturated heterocycles. The second-order valence-electron chi connectivity index (χ2n) is 7.31. The number of hydrogen-bond donors (Lipinski definition) is 0. The molecule has 0 fully saturated rings. The van der Waals surface area contributed by atoms with E-state index in [1.165, 1.54) is 42.4 Å². The molecule has 1 rings (SSSR count). The quantitative estimate of drug-likeness (QED) is 0.410. The lowest BCUT2D eigenvalue weighted by Gasteiger charge is -2.22. The van der Waals surface area contributed by atoms with E-state index in [0.29, 0.717) is 5.92 Å². The number of rotatable bonds is 9. The van der Waals surface area contributed by atoms with Gasteiger partial charge in [0.25, 0.3) is 0 Å². The van der Waals surface area contributed by atoms with Crippen LogP contribution in [0.4, 0.5) is 0 Å². The molecule has 3 unspecified atom stereocenters. The molecule has 1 aliphatic carbocycles. The Kier molecular flexibility index (Phi) is 9.29. The Labute approximate surface area is 145 Å². The first-order valence-corrected chi connectivity index (χ1v) is 9.77. The van der Waals surface area contributed by atoms with Crippen LogP contribution in [0.25, 0.3) is 0 Å². The third-order valence-corrected chi connectivity index (χ3v) is 5.69. The van der Waals surface area contributed by atoms with Crippen molar-refractivity contribution in [2.24, 2.45) is 17.8 Å². The highest BCUT2D eigenvalue weighted by atomic mass is 14.2. The molecule has 0 heterocycles. The minimum Gasteiger partial charge on any atom is -0.0816 e. The van der Waals surface area contributed by atoms with E-state index in [0.717, 1.165) is 24.7 Å². The smallest absolute Gasteiger partial charge is 0.00917 e. The van der Waals surface area contributed by atoms with E-state index in [9.17, 15) is 0 Å². The van der Waals surface area contributed by atoms with Crippen LogP contribution in [0.15, 0.2) is 47.1 Å². The summed E-state index contributed by atoms with van der Waals surface area (Å²) in [5.74, 6) is 2.40. The van der Waals surface area contributed by atoms with Crippen molar-refractivity contribution < 1.29 is 0 Å². The van der Waals surface area contributed by atoms with Crippen LogP contribution in [0.2, 0.25) is 0 Å². The minimum atomic E-state index is 0.712. The summed E-state index contributed by atoms with van der Waals surface area (Å²) in [6.07, 6.45) is 19.2. The summed E-state index contributed by atoms with van der Waals surface area (Å²) in [5, 5.41) is 0. The Morgan fingerprint density at radius 1 is 1.04 bits per heavy atom. The predicted octanol–water partition coefficient (Wildman–Crippen LogP) is 7.64. The SMILES string of the molecule is CCC=C(C)C1=CC=C(C(CC)CCC(C)C(C)CC)C=CC1. The highest BCUT2D eigenvalue weighted by Crippen LogP contribution is 2.30. The van der Waals surface area contributed by atoms with Gasteiger partial charge in [0.2, 0.25) is 0 Å². The van der Waals surface area contributed by atoms with Crippen LogP contribution >= 0.6 is 0 Å². The standard InChI is InChI=1S/C23H38/c1-7-11-20(6)22-12-10-13-23(17-16-22)21(9-3)15-14-19(5)18(4)8-2/h10-11,13,16-19,21H,7-9,12,14-15H2,1-6H3. The van der Waals surface area contributed by atoms with Gasteiger partial charge in [0.1, 0.15) is 0 Å². The van der Waals surface area contributed by atoms with Crippen LogP contribution in [-0.4, -0.2) is 0 Å². The second kappa shape index (κ2) is 10.7. The fourth-order valence-electron chi connectivity index (χ4n) is 3.40. The van der Waals surface area contributed by atoms with Gasteiger partial charge in [-0.05, 0) is 67.9 Å². The first-order chi connectivity index (χ1) is 11.0. The molecule has 0 aromatic carbocycles. The Morgan fingerprint density at radius 2 is 1.78 bits per heavy atom. The van der Waals surface area contributed by atoms with Gasteiger partial charge in [0.05, 0.1) is 0 Å². The van der Waals surface area contributed by atoms with Crippen molar-refractivity contribution in [3.63, 3.8) is 0 Å². The summed E-state index contributed by atoms with van der Waals surface area (Å²) < 4.78 is 0. The molecule has 0 N–H and O–H groups in total. The van der Waals surface area contributed by atoms with Gasteiger partial charge in [-0.2, -0.15) is 0 Å². The summed E-state index contributed by atoms with van der Waals surface area (Å²) in [5.41, 5.74) is 4.44. The van der Waals surface area contributed by atoms with Gasteiger partial charge in [-0.25, -0.2) is 0 Å².